The second kappa shape index (κ2) is 8.32. The fourth-order valence-electron chi connectivity index (χ4n) is 1.93. The van der Waals surface area contributed by atoms with Gasteiger partial charge in [0.1, 0.15) is 0 Å². The first-order valence-corrected chi connectivity index (χ1v) is 6.75. The summed E-state index contributed by atoms with van der Waals surface area (Å²) in [6.45, 7) is 2.31. The predicted octanol–water partition coefficient (Wildman–Crippen LogP) is 0.534. The SMILES string of the molecule is CCCC[PH2+]C1CCCCC1.[Cl-]. The van der Waals surface area contributed by atoms with E-state index >= 15 is 0 Å². The van der Waals surface area contributed by atoms with E-state index in [4.69, 9.17) is 0 Å². The van der Waals surface area contributed by atoms with Gasteiger partial charge in [-0.1, -0.05) is 19.8 Å². The zero-order chi connectivity index (χ0) is 7.94. The van der Waals surface area contributed by atoms with Gasteiger partial charge in [0.2, 0.25) is 0 Å². The maximum absolute atomic E-state index is 2.31. The minimum absolute atomic E-state index is 0. The lowest BCUT2D eigenvalue weighted by Crippen LogP contribution is -3.00. The Morgan fingerprint density at radius 2 is 1.83 bits per heavy atom. The summed E-state index contributed by atoms with van der Waals surface area (Å²) in [6, 6.07) is 0. The van der Waals surface area contributed by atoms with Crippen molar-refractivity contribution in [2.75, 3.05) is 6.16 Å². The molecule has 12 heavy (non-hydrogen) atoms. The van der Waals surface area contributed by atoms with Gasteiger partial charge in [-0.3, -0.25) is 0 Å². The van der Waals surface area contributed by atoms with Gasteiger partial charge < -0.3 is 12.4 Å². The van der Waals surface area contributed by atoms with Crippen molar-refractivity contribution >= 4 is 8.58 Å². The molecule has 0 bridgehead atoms. The molecule has 0 N–H and O–H groups in total. The molecule has 1 atom stereocenters. The maximum atomic E-state index is 2.31. The van der Waals surface area contributed by atoms with E-state index in [0.29, 0.717) is 0 Å². The van der Waals surface area contributed by atoms with E-state index in [2.05, 4.69) is 6.92 Å². The molecule has 0 aromatic heterocycles. The van der Waals surface area contributed by atoms with Gasteiger partial charge in [-0.2, -0.15) is 0 Å². The Labute approximate surface area is 85.1 Å². The van der Waals surface area contributed by atoms with Gasteiger partial charge in [-0.25, -0.2) is 0 Å². The second-order valence-electron chi connectivity index (χ2n) is 3.78. The van der Waals surface area contributed by atoms with Crippen LogP contribution < -0.4 is 12.4 Å². The summed E-state index contributed by atoms with van der Waals surface area (Å²) in [5.74, 6) is 0. The van der Waals surface area contributed by atoms with Crippen LogP contribution in [0.15, 0.2) is 0 Å². The summed E-state index contributed by atoms with van der Waals surface area (Å²) in [4.78, 5) is 0. The predicted molar refractivity (Wildman–Crippen MR) is 56.4 cm³/mol. The van der Waals surface area contributed by atoms with Gasteiger partial charge in [0.15, 0.2) is 0 Å². The van der Waals surface area contributed by atoms with Crippen LogP contribution in [0.3, 0.4) is 0 Å². The zero-order valence-corrected chi connectivity index (χ0v) is 10.1. The molecule has 2 heteroatoms. The number of hydrogen-bond donors (Lipinski definition) is 0. The Balaban J connectivity index is 0.00000121. The summed E-state index contributed by atoms with van der Waals surface area (Å²) in [5, 5.41) is 0. The van der Waals surface area contributed by atoms with Crippen molar-refractivity contribution in [2.45, 2.75) is 57.5 Å². The van der Waals surface area contributed by atoms with E-state index in [-0.39, 0.29) is 12.4 Å². The third-order valence-electron chi connectivity index (χ3n) is 2.71. The standard InChI is InChI=1S/C10H21P.ClH/c1-2-3-9-11-10-7-5-4-6-8-10;/h10-11H,2-9H2,1H3;1H. The van der Waals surface area contributed by atoms with Crippen molar-refractivity contribution in [3.8, 4) is 0 Å². The third-order valence-corrected chi connectivity index (χ3v) is 4.78. The molecule has 74 valence electrons. The first kappa shape index (κ1) is 12.7. The van der Waals surface area contributed by atoms with Crippen molar-refractivity contribution in [1.29, 1.82) is 0 Å². The number of hydrogen-bond acceptors (Lipinski definition) is 0. The average molecular weight is 209 g/mol. The minimum Gasteiger partial charge on any atom is -1.00 e. The number of rotatable bonds is 4. The lowest BCUT2D eigenvalue weighted by atomic mass is 10.0. The Hall–Kier alpha value is 0.720. The molecule has 1 fully saturated rings. The van der Waals surface area contributed by atoms with Gasteiger partial charge in [-0.05, 0) is 40.7 Å². The van der Waals surface area contributed by atoms with E-state index in [0.717, 1.165) is 8.58 Å². The average Bonchev–Trinajstić information content (AvgIpc) is 2.07. The summed E-state index contributed by atoms with van der Waals surface area (Å²) in [5.41, 5.74) is 1.19. The molecule has 0 nitrogen and oxygen atoms in total. The Morgan fingerprint density at radius 1 is 1.17 bits per heavy atom. The number of unbranched alkanes of at least 4 members (excludes halogenated alkanes) is 1. The largest absolute Gasteiger partial charge is 1.00 e. The lowest BCUT2D eigenvalue weighted by molar-refractivity contribution is -0.00000237. The van der Waals surface area contributed by atoms with E-state index in [1.165, 1.54) is 37.8 Å². The summed E-state index contributed by atoms with van der Waals surface area (Å²) in [7, 11) is 0.821. The Bertz CT molecular complexity index is 89.8. The molecule has 1 rings (SSSR count). The molecule has 1 unspecified atom stereocenters. The normalized spacial score (nSPS) is 19.8. The van der Waals surface area contributed by atoms with Gasteiger partial charge in [0.05, 0.1) is 11.8 Å². The highest BCUT2D eigenvalue weighted by atomic mass is 35.5. The molecule has 0 amide bonds. The molecular formula is C10H22ClP. The summed E-state index contributed by atoms with van der Waals surface area (Å²) < 4.78 is 0. The van der Waals surface area contributed by atoms with Crippen molar-refractivity contribution in [3.63, 3.8) is 0 Å². The van der Waals surface area contributed by atoms with E-state index in [9.17, 15) is 0 Å². The molecule has 1 aliphatic rings. The third kappa shape index (κ3) is 5.38. The molecule has 0 saturated heterocycles. The molecule has 1 aliphatic carbocycles. The molecule has 0 radical (unpaired) electrons. The van der Waals surface area contributed by atoms with Crippen LogP contribution in [0.4, 0.5) is 0 Å². The number of halogens is 1. The first-order valence-electron chi connectivity index (χ1n) is 5.27. The molecule has 0 spiro atoms. The van der Waals surface area contributed by atoms with Crippen LogP contribution in [0.25, 0.3) is 0 Å². The van der Waals surface area contributed by atoms with Crippen LogP contribution in [0, 0.1) is 0 Å². The minimum atomic E-state index is 0. The highest BCUT2D eigenvalue weighted by Gasteiger charge is 2.16. The quantitative estimate of drug-likeness (QED) is 0.467. The van der Waals surface area contributed by atoms with E-state index < -0.39 is 0 Å². The lowest BCUT2D eigenvalue weighted by Gasteiger charge is -2.16. The fourth-order valence-corrected chi connectivity index (χ4v) is 3.99. The van der Waals surface area contributed by atoms with Crippen LogP contribution in [0.2, 0.25) is 0 Å². The molecule has 1 saturated carbocycles. The Kier molecular flexibility index (Phi) is 8.82. The molecule has 0 heterocycles. The van der Waals surface area contributed by atoms with E-state index in [1.807, 2.05) is 0 Å². The van der Waals surface area contributed by atoms with Gasteiger partial charge in [0.25, 0.3) is 0 Å². The van der Waals surface area contributed by atoms with Gasteiger partial charge >= 0.3 is 0 Å². The maximum Gasteiger partial charge on any atom is 0.0652 e. The van der Waals surface area contributed by atoms with Crippen LogP contribution in [-0.4, -0.2) is 11.8 Å². The zero-order valence-electron chi connectivity index (χ0n) is 8.19. The topological polar surface area (TPSA) is 0 Å². The summed E-state index contributed by atoms with van der Waals surface area (Å²) >= 11 is 0. The molecular weight excluding hydrogens is 187 g/mol. The molecule has 0 aliphatic heterocycles. The molecule has 0 aromatic rings. The highest BCUT2D eigenvalue weighted by Crippen LogP contribution is 2.33. The highest BCUT2D eigenvalue weighted by molar-refractivity contribution is 7.38. The first-order chi connectivity index (χ1) is 5.43. The monoisotopic (exact) mass is 208 g/mol. The van der Waals surface area contributed by atoms with Crippen LogP contribution in [0.1, 0.15) is 51.9 Å². The van der Waals surface area contributed by atoms with Gasteiger partial charge in [0, 0.05) is 0 Å². The van der Waals surface area contributed by atoms with Crippen LogP contribution >= 0.6 is 8.58 Å². The Morgan fingerprint density at radius 3 is 2.42 bits per heavy atom. The summed E-state index contributed by atoms with van der Waals surface area (Å²) in [6.07, 6.45) is 12.2. The smallest absolute Gasteiger partial charge is 0.0652 e. The van der Waals surface area contributed by atoms with Crippen molar-refractivity contribution in [1.82, 2.24) is 0 Å². The van der Waals surface area contributed by atoms with Crippen molar-refractivity contribution in [3.05, 3.63) is 0 Å². The van der Waals surface area contributed by atoms with Crippen LogP contribution in [0.5, 0.6) is 0 Å². The van der Waals surface area contributed by atoms with Crippen molar-refractivity contribution in [2.24, 2.45) is 0 Å². The molecule has 0 aromatic carbocycles. The second-order valence-corrected chi connectivity index (χ2v) is 5.77. The van der Waals surface area contributed by atoms with Crippen LogP contribution in [-0.2, 0) is 0 Å². The van der Waals surface area contributed by atoms with Crippen molar-refractivity contribution < 1.29 is 12.4 Å². The van der Waals surface area contributed by atoms with Gasteiger partial charge in [-0.15, -0.1) is 0 Å². The van der Waals surface area contributed by atoms with E-state index in [1.54, 1.807) is 19.0 Å². The fraction of sp³-hybridized carbons (Fsp3) is 1.00.